The number of ether oxygens (including phenoxy) is 2. The van der Waals surface area contributed by atoms with E-state index in [2.05, 4.69) is 9.46 Å². The van der Waals surface area contributed by atoms with E-state index in [0.717, 1.165) is 7.11 Å². The Morgan fingerprint density at radius 1 is 1.27 bits per heavy atom. The summed E-state index contributed by atoms with van der Waals surface area (Å²) in [6, 6.07) is 3.01. The van der Waals surface area contributed by atoms with Crippen LogP contribution < -0.4 is 9.46 Å². The van der Waals surface area contributed by atoms with E-state index in [4.69, 9.17) is 4.74 Å². The first-order chi connectivity index (χ1) is 10.2. The number of sulfonamides is 1. The monoisotopic (exact) mass is 331 g/mol. The number of aliphatic hydroxyl groups is 1. The fourth-order valence-electron chi connectivity index (χ4n) is 2.05. The van der Waals surface area contributed by atoms with Crippen molar-refractivity contribution in [3.8, 4) is 5.75 Å². The van der Waals surface area contributed by atoms with Crippen molar-refractivity contribution in [3.63, 3.8) is 0 Å². The van der Waals surface area contributed by atoms with Gasteiger partial charge in [0.1, 0.15) is 5.75 Å². The highest BCUT2D eigenvalue weighted by Crippen LogP contribution is 2.26. The average molecular weight is 331 g/mol. The van der Waals surface area contributed by atoms with Gasteiger partial charge < -0.3 is 14.6 Å². The number of carbonyl (C=O) groups excluding carboxylic acids is 1. The first-order valence-electron chi connectivity index (χ1n) is 6.63. The van der Waals surface area contributed by atoms with Crippen molar-refractivity contribution in [3.05, 3.63) is 23.3 Å². The molecule has 8 heteroatoms. The molecule has 2 N–H and O–H groups in total. The number of nitrogens with one attached hydrogen (secondary N) is 1. The summed E-state index contributed by atoms with van der Waals surface area (Å²) in [7, 11) is -1.05. The van der Waals surface area contributed by atoms with Crippen molar-refractivity contribution in [1.29, 1.82) is 0 Å². The van der Waals surface area contributed by atoms with E-state index >= 15 is 0 Å². The Balaban J connectivity index is 2.81. The smallest absolute Gasteiger partial charge is 0.334 e. The van der Waals surface area contributed by atoms with Crippen LogP contribution in [0.4, 0.5) is 0 Å². The Hall–Kier alpha value is -1.64. The van der Waals surface area contributed by atoms with Crippen molar-refractivity contribution >= 4 is 16.0 Å². The molecule has 1 aromatic carbocycles. The van der Waals surface area contributed by atoms with Crippen LogP contribution in [-0.4, -0.2) is 46.4 Å². The molecule has 1 rings (SSSR count). The van der Waals surface area contributed by atoms with Crippen molar-refractivity contribution in [2.24, 2.45) is 0 Å². The molecular weight excluding hydrogens is 310 g/mol. The van der Waals surface area contributed by atoms with Crippen LogP contribution in [-0.2, 0) is 19.6 Å². The molecule has 0 aliphatic rings. The molecule has 0 amide bonds. The minimum absolute atomic E-state index is 0.0694. The highest BCUT2D eigenvalue weighted by Gasteiger charge is 2.19. The number of hydrogen-bond acceptors (Lipinski definition) is 6. The van der Waals surface area contributed by atoms with Gasteiger partial charge in [-0.2, -0.15) is 0 Å². The minimum Gasteiger partial charge on any atom is -0.496 e. The van der Waals surface area contributed by atoms with Crippen LogP contribution in [0.25, 0.3) is 0 Å². The van der Waals surface area contributed by atoms with Crippen LogP contribution in [0.5, 0.6) is 5.75 Å². The van der Waals surface area contributed by atoms with E-state index in [9.17, 15) is 18.3 Å². The van der Waals surface area contributed by atoms with Crippen LogP contribution >= 0.6 is 0 Å². The molecule has 0 radical (unpaired) electrons. The molecule has 0 fully saturated rings. The van der Waals surface area contributed by atoms with Crippen molar-refractivity contribution in [1.82, 2.24) is 4.72 Å². The Labute approximate surface area is 130 Å². The minimum atomic E-state index is -3.73. The molecule has 0 aliphatic heterocycles. The van der Waals surface area contributed by atoms with Gasteiger partial charge in [0.2, 0.25) is 10.0 Å². The van der Waals surface area contributed by atoms with Crippen molar-refractivity contribution in [2.75, 3.05) is 20.8 Å². The lowest BCUT2D eigenvalue weighted by Crippen LogP contribution is -2.30. The number of carbonyl (C=O) groups is 1. The molecule has 0 aliphatic carbocycles. The third-order valence-corrected chi connectivity index (χ3v) is 4.57. The summed E-state index contributed by atoms with van der Waals surface area (Å²) in [5.74, 6) is -0.157. The Morgan fingerprint density at radius 2 is 1.82 bits per heavy atom. The number of hydrogen-bond donors (Lipinski definition) is 2. The van der Waals surface area contributed by atoms with E-state index in [1.807, 2.05) is 0 Å². The van der Waals surface area contributed by atoms with Gasteiger partial charge in [-0.05, 0) is 43.5 Å². The molecule has 124 valence electrons. The highest BCUT2D eigenvalue weighted by molar-refractivity contribution is 7.89. The SMILES string of the molecule is COC(=O)[C@@H](O)CCNS(=O)(=O)c1cc(C)c(OC)c(C)c1. The molecule has 1 atom stereocenters. The second kappa shape index (κ2) is 7.57. The van der Waals surface area contributed by atoms with Gasteiger partial charge in [0.05, 0.1) is 19.1 Å². The molecular formula is C14H21NO6S. The summed E-state index contributed by atoms with van der Waals surface area (Å²) in [6.07, 6.45) is -1.42. The molecule has 0 heterocycles. The zero-order chi connectivity index (χ0) is 16.9. The van der Waals surface area contributed by atoms with Crippen LogP contribution in [0.2, 0.25) is 0 Å². The van der Waals surface area contributed by atoms with Gasteiger partial charge in [0, 0.05) is 6.54 Å². The number of benzene rings is 1. The van der Waals surface area contributed by atoms with Gasteiger partial charge in [0.15, 0.2) is 6.10 Å². The maximum absolute atomic E-state index is 12.2. The van der Waals surface area contributed by atoms with Gasteiger partial charge in [-0.25, -0.2) is 17.9 Å². The lowest BCUT2D eigenvalue weighted by molar-refractivity contribution is -0.150. The average Bonchev–Trinajstić information content (AvgIpc) is 2.45. The summed E-state index contributed by atoms with van der Waals surface area (Å²) in [6.45, 7) is 3.43. The second-order valence-corrected chi connectivity index (χ2v) is 6.58. The first kappa shape index (κ1) is 18.4. The van der Waals surface area contributed by atoms with Crippen LogP contribution in [0.15, 0.2) is 17.0 Å². The van der Waals surface area contributed by atoms with E-state index in [1.165, 1.54) is 19.2 Å². The van der Waals surface area contributed by atoms with Gasteiger partial charge >= 0.3 is 5.97 Å². The summed E-state index contributed by atoms with van der Waals surface area (Å²) in [5, 5.41) is 9.42. The van der Waals surface area contributed by atoms with Crippen LogP contribution in [0.1, 0.15) is 17.5 Å². The van der Waals surface area contributed by atoms with Crippen molar-refractivity contribution in [2.45, 2.75) is 31.3 Å². The van der Waals surface area contributed by atoms with E-state index in [-0.39, 0.29) is 17.9 Å². The van der Waals surface area contributed by atoms with E-state index in [0.29, 0.717) is 16.9 Å². The molecule has 7 nitrogen and oxygen atoms in total. The summed E-state index contributed by atoms with van der Waals surface area (Å²) >= 11 is 0. The third-order valence-electron chi connectivity index (χ3n) is 3.13. The quantitative estimate of drug-likeness (QED) is 0.706. The first-order valence-corrected chi connectivity index (χ1v) is 8.12. The Bertz CT molecular complexity index is 618. The molecule has 0 saturated carbocycles. The molecule has 1 aromatic rings. The molecule has 0 aromatic heterocycles. The van der Waals surface area contributed by atoms with Gasteiger partial charge in [-0.1, -0.05) is 0 Å². The highest BCUT2D eigenvalue weighted by atomic mass is 32.2. The van der Waals surface area contributed by atoms with Crippen LogP contribution in [0, 0.1) is 13.8 Å². The molecule has 0 saturated heterocycles. The van der Waals surface area contributed by atoms with Gasteiger partial charge in [0.25, 0.3) is 0 Å². The maximum Gasteiger partial charge on any atom is 0.334 e. The summed E-state index contributed by atoms with van der Waals surface area (Å²) in [4.78, 5) is 11.1. The predicted molar refractivity (Wildman–Crippen MR) is 80.3 cm³/mol. The predicted octanol–water partition coefficient (Wildman–Crippen LogP) is 0.514. The summed E-state index contributed by atoms with van der Waals surface area (Å²) < 4.78 is 36.3. The zero-order valence-corrected chi connectivity index (χ0v) is 13.9. The second-order valence-electron chi connectivity index (χ2n) is 4.82. The fraction of sp³-hybridized carbons (Fsp3) is 0.500. The molecule has 0 unspecified atom stereocenters. The lowest BCUT2D eigenvalue weighted by atomic mass is 10.1. The van der Waals surface area contributed by atoms with Crippen molar-refractivity contribution < 1.29 is 27.8 Å². The largest absolute Gasteiger partial charge is 0.496 e. The number of aliphatic hydroxyl groups excluding tert-OH is 1. The Kier molecular flexibility index (Phi) is 6.34. The topological polar surface area (TPSA) is 102 Å². The maximum atomic E-state index is 12.2. The summed E-state index contributed by atoms with van der Waals surface area (Å²) in [5.41, 5.74) is 1.41. The van der Waals surface area contributed by atoms with Gasteiger partial charge in [-0.3, -0.25) is 0 Å². The third kappa shape index (κ3) is 4.43. The number of aryl methyl sites for hydroxylation is 2. The molecule has 0 spiro atoms. The van der Waals surface area contributed by atoms with E-state index < -0.39 is 22.1 Å². The standard InChI is InChI=1S/C14H21NO6S/c1-9-7-11(8-10(2)13(9)20-3)22(18,19)15-6-5-12(16)14(17)21-4/h7-8,12,15-16H,5-6H2,1-4H3/t12-/m0/s1. The Morgan fingerprint density at radius 3 is 2.27 bits per heavy atom. The van der Waals surface area contributed by atoms with E-state index in [1.54, 1.807) is 13.8 Å². The molecule has 0 bridgehead atoms. The number of rotatable bonds is 7. The lowest BCUT2D eigenvalue weighted by Gasteiger charge is -2.13. The number of methoxy groups -OCH3 is 2. The molecule has 22 heavy (non-hydrogen) atoms. The van der Waals surface area contributed by atoms with Gasteiger partial charge in [-0.15, -0.1) is 0 Å². The fourth-order valence-corrected chi connectivity index (χ4v) is 3.27. The van der Waals surface area contributed by atoms with Crippen LogP contribution in [0.3, 0.4) is 0 Å². The number of esters is 1. The normalized spacial score (nSPS) is 12.8. The zero-order valence-electron chi connectivity index (χ0n) is 13.0.